The lowest BCUT2D eigenvalue weighted by molar-refractivity contribution is -0.302. The van der Waals surface area contributed by atoms with Gasteiger partial charge in [0, 0.05) is 6.42 Å². The molecule has 1 aliphatic heterocycles. The first-order chi connectivity index (χ1) is 35.8. The first-order valence-corrected chi connectivity index (χ1v) is 29.9. The number of nitrogens with one attached hydrogen (secondary N) is 1. The van der Waals surface area contributed by atoms with Crippen LogP contribution in [0.2, 0.25) is 0 Å². The van der Waals surface area contributed by atoms with Gasteiger partial charge in [0.25, 0.3) is 0 Å². The van der Waals surface area contributed by atoms with Crippen LogP contribution in [0.4, 0.5) is 0 Å². The normalized spacial score (nSPS) is 19.8. The van der Waals surface area contributed by atoms with E-state index in [1.807, 2.05) is 19.1 Å². The summed E-state index contributed by atoms with van der Waals surface area (Å²) < 4.78 is 11.2. The number of aliphatic hydroxyl groups is 5. The number of carbonyl (C=O) groups is 1. The average molecular weight is 1020 g/mol. The number of unbranched alkanes of at least 4 members (excludes halogenated alkanes) is 27. The van der Waals surface area contributed by atoms with E-state index in [9.17, 15) is 30.3 Å². The van der Waals surface area contributed by atoms with Crippen molar-refractivity contribution in [2.24, 2.45) is 0 Å². The predicted molar refractivity (Wildman–Crippen MR) is 308 cm³/mol. The molecular formula is C64H111NO8. The van der Waals surface area contributed by atoms with E-state index in [0.717, 1.165) is 77.0 Å². The van der Waals surface area contributed by atoms with Gasteiger partial charge in [-0.15, -0.1) is 0 Å². The second-order valence-electron chi connectivity index (χ2n) is 20.4. The Morgan fingerprint density at radius 3 is 1.32 bits per heavy atom. The predicted octanol–water partition coefficient (Wildman–Crippen LogP) is 15.2. The summed E-state index contributed by atoms with van der Waals surface area (Å²) in [6, 6.07) is -0.828. The number of carbonyl (C=O) groups excluding carboxylic acids is 1. The summed E-state index contributed by atoms with van der Waals surface area (Å²) in [6.07, 6.45) is 69.8. The Labute approximate surface area is 447 Å². The standard InChI is InChI=1S/C64H111NO8/c1-3-5-7-9-11-13-14-15-16-17-18-19-20-21-22-23-24-25-26-27-28-29-30-31-32-33-34-35-36-37-38-39-40-41-42-43-44-46-48-50-52-54-60(68)65-57(58(67)53-51-49-47-45-12-10-8-6-4-2)56-72-64-63(71)62(70)61(69)59(55-66)73-64/h4-7,11-13,15-16,18-19,21-22,45,51,53,57-59,61-64,66-67,69-71H,3,8-10,14,17,20,23-44,46-50,52,54-56H2,1-2H3,(H,65,68)/b6-4+,7-5-,13-11-,16-15-,19-18-,22-21-,45-12+,53-51+. The summed E-state index contributed by atoms with van der Waals surface area (Å²) in [4.78, 5) is 13.0. The van der Waals surface area contributed by atoms with Crippen molar-refractivity contribution in [3.63, 3.8) is 0 Å². The number of aliphatic hydroxyl groups excluding tert-OH is 5. The Balaban J connectivity index is 1.99. The van der Waals surface area contributed by atoms with Crippen LogP contribution in [-0.4, -0.2) is 87.5 Å². The smallest absolute Gasteiger partial charge is 0.220 e. The molecule has 0 aliphatic carbocycles. The molecule has 7 atom stereocenters. The molecule has 6 N–H and O–H groups in total. The van der Waals surface area contributed by atoms with Crippen LogP contribution in [0.25, 0.3) is 0 Å². The molecule has 1 heterocycles. The summed E-state index contributed by atoms with van der Waals surface area (Å²) in [5, 5.41) is 54.2. The Hall–Kier alpha value is -2.89. The monoisotopic (exact) mass is 1020 g/mol. The third kappa shape index (κ3) is 42.0. The zero-order chi connectivity index (χ0) is 52.9. The van der Waals surface area contributed by atoms with E-state index >= 15 is 0 Å². The summed E-state index contributed by atoms with van der Waals surface area (Å²) in [5.41, 5.74) is 0. The summed E-state index contributed by atoms with van der Waals surface area (Å²) in [7, 11) is 0. The highest BCUT2D eigenvalue weighted by molar-refractivity contribution is 5.76. The molecule has 73 heavy (non-hydrogen) atoms. The Morgan fingerprint density at radius 2 is 0.877 bits per heavy atom. The van der Waals surface area contributed by atoms with Crippen molar-refractivity contribution in [1.82, 2.24) is 5.32 Å². The van der Waals surface area contributed by atoms with Crippen molar-refractivity contribution in [2.45, 2.75) is 288 Å². The summed E-state index contributed by atoms with van der Waals surface area (Å²) in [6.45, 7) is 3.40. The van der Waals surface area contributed by atoms with Crippen molar-refractivity contribution in [3.05, 3.63) is 97.2 Å². The third-order valence-corrected chi connectivity index (χ3v) is 13.7. The largest absolute Gasteiger partial charge is 0.394 e. The molecule has 0 bridgehead atoms. The zero-order valence-corrected chi connectivity index (χ0v) is 46.6. The van der Waals surface area contributed by atoms with Gasteiger partial charge in [0.1, 0.15) is 24.4 Å². The van der Waals surface area contributed by atoms with Gasteiger partial charge < -0.3 is 40.3 Å². The van der Waals surface area contributed by atoms with Crippen LogP contribution in [0.5, 0.6) is 0 Å². The fourth-order valence-corrected chi connectivity index (χ4v) is 9.05. The summed E-state index contributed by atoms with van der Waals surface area (Å²) >= 11 is 0. The maximum absolute atomic E-state index is 13.0. The van der Waals surface area contributed by atoms with Crippen LogP contribution in [0.3, 0.4) is 0 Å². The number of rotatable bonds is 50. The molecule has 0 saturated carbocycles. The minimum absolute atomic E-state index is 0.193. The molecule has 0 radical (unpaired) electrons. The molecule has 0 aromatic carbocycles. The molecule has 1 fully saturated rings. The van der Waals surface area contributed by atoms with Gasteiger partial charge in [-0.3, -0.25) is 4.79 Å². The Kier molecular flexibility index (Phi) is 49.0. The van der Waals surface area contributed by atoms with Gasteiger partial charge in [0.05, 0.1) is 25.4 Å². The summed E-state index contributed by atoms with van der Waals surface area (Å²) in [5.74, 6) is -0.193. The molecule has 1 amide bonds. The molecule has 1 saturated heterocycles. The topological polar surface area (TPSA) is 149 Å². The van der Waals surface area contributed by atoms with E-state index in [1.165, 1.54) is 148 Å². The maximum atomic E-state index is 13.0. The lowest BCUT2D eigenvalue weighted by atomic mass is 9.99. The first kappa shape index (κ1) is 68.1. The zero-order valence-electron chi connectivity index (χ0n) is 46.6. The van der Waals surface area contributed by atoms with E-state index < -0.39 is 49.5 Å². The van der Waals surface area contributed by atoms with E-state index in [2.05, 4.69) is 91.2 Å². The second kappa shape index (κ2) is 52.5. The van der Waals surface area contributed by atoms with Crippen molar-refractivity contribution in [2.75, 3.05) is 13.2 Å². The highest BCUT2D eigenvalue weighted by atomic mass is 16.7. The van der Waals surface area contributed by atoms with E-state index in [-0.39, 0.29) is 12.5 Å². The highest BCUT2D eigenvalue weighted by Crippen LogP contribution is 2.23. The lowest BCUT2D eigenvalue weighted by Gasteiger charge is -2.40. The quantitative estimate of drug-likeness (QED) is 0.0261. The van der Waals surface area contributed by atoms with Crippen LogP contribution in [0.1, 0.15) is 245 Å². The second-order valence-corrected chi connectivity index (χ2v) is 20.4. The Bertz CT molecular complexity index is 1460. The molecular weight excluding hydrogens is 911 g/mol. The van der Waals surface area contributed by atoms with Gasteiger partial charge in [-0.1, -0.05) is 252 Å². The molecule has 9 nitrogen and oxygen atoms in total. The highest BCUT2D eigenvalue weighted by Gasteiger charge is 2.44. The number of hydrogen-bond donors (Lipinski definition) is 6. The maximum Gasteiger partial charge on any atom is 0.220 e. The minimum Gasteiger partial charge on any atom is -0.394 e. The van der Waals surface area contributed by atoms with Gasteiger partial charge in [-0.05, 0) is 84.0 Å². The molecule has 0 aromatic heterocycles. The number of amides is 1. The van der Waals surface area contributed by atoms with Crippen LogP contribution in [-0.2, 0) is 14.3 Å². The van der Waals surface area contributed by atoms with Gasteiger partial charge in [0.2, 0.25) is 5.91 Å². The van der Waals surface area contributed by atoms with Gasteiger partial charge >= 0.3 is 0 Å². The van der Waals surface area contributed by atoms with Crippen molar-refractivity contribution < 1.29 is 39.8 Å². The lowest BCUT2D eigenvalue weighted by Crippen LogP contribution is -2.60. The molecule has 7 unspecified atom stereocenters. The van der Waals surface area contributed by atoms with Crippen molar-refractivity contribution in [3.8, 4) is 0 Å². The number of hydrogen-bond acceptors (Lipinski definition) is 8. The SMILES string of the molecule is C/C=C/CC/C=C/CC/C=C/C(O)C(COC1OC(CO)C(O)C(O)C1O)NC(=O)CCCCCCCCCCCCCCCCCCCCCCCCCCC/C=C\C/C=C\C/C=C\C/C=C\C/C=C\CC. The van der Waals surface area contributed by atoms with Gasteiger partial charge in [0.15, 0.2) is 6.29 Å². The first-order valence-electron chi connectivity index (χ1n) is 29.9. The molecule has 9 heteroatoms. The van der Waals surface area contributed by atoms with E-state index in [1.54, 1.807) is 6.08 Å². The minimum atomic E-state index is -1.58. The van der Waals surface area contributed by atoms with Gasteiger partial charge in [-0.25, -0.2) is 0 Å². The number of allylic oxidation sites excluding steroid dienone is 15. The third-order valence-electron chi connectivity index (χ3n) is 13.7. The molecule has 0 aromatic rings. The van der Waals surface area contributed by atoms with Crippen LogP contribution in [0, 0.1) is 0 Å². The number of ether oxygens (including phenoxy) is 2. The average Bonchev–Trinajstić information content (AvgIpc) is 3.39. The van der Waals surface area contributed by atoms with Crippen LogP contribution < -0.4 is 5.32 Å². The van der Waals surface area contributed by atoms with E-state index in [0.29, 0.717) is 6.42 Å². The van der Waals surface area contributed by atoms with Crippen LogP contribution >= 0.6 is 0 Å². The molecule has 420 valence electrons. The molecule has 1 aliphatic rings. The Morgan fingerprint density at radius 1 is 0.493 bits per heavy atom. The van der Waals surface area contributed by atoms with Crippen LogP contribution in [0.15, 0.2) is 97.2 Å². The fourth-order valence-electron chi connectivity index (χ4n) is 9.05. The van der Waals surface area contributed by atoms with E-state index in [4.69, 9.17) is 9.47 Å². The van der Waals surface area contributed by atoms with Crippen molar-refractivity contribution >= 4 is 5.91 Å². The van der Waals surface area contributed by atoms with Gasteiger partial charge in [-0.2, -0.15) is 0 Å². The fraction of sp³-hybridized carbons (Fsp3) is 0.734. The molecule has 0 spiro atoms. The van der Waals surface area contributed by atoms with Crippen molar-refractivity contribution in [1.29, 1.82) is 0 Å². The molecule has 1 rings (SSSR count).